The fourth-order valence-electron chi connectivity index (χ4n) is 3.74. The quantitative estimate of drug-likeness (QED) is 0.306. The lowest BCUT2D eigenvalue weighted by atomic mass is 10.2. The van der Waals surface area contributed by atoms with Crippen LogP contribution in [0.1, 0.15) is 41.0 Å². The summed E-state index contributed by atoms with van der Waals surface area (Å²) in [7, 11) is 0. The minimum atomic E-state index is -0.741. The van der Waals surface area contributed by atoms with E-state index in [1.54, 1.807) is 4.68 Å². The third kappa shape index (κ3) is 3.73. The molecule has 154 valence electrons. The predicted molar refractivity (Wildman–Crippen MR) is 103 cm³/mol. The first-order valence-corrected chi connectivity index (χ1v) is 10.6. The van der Waals surface area contributed by atoms with E-state index >= 15 is 0 Å². The Morgan fingerprint density at radius 1 is 1.39 bits per heavy atom. The summed E-state index contributed by atoms with van der Waals surface area (Å²) < 4.78 is 27.0. The molecule has 4 atom stereocenters. The van der Waals surface area contributed by atoms with Crippen molar-refractivity contribution in [2.75, 3.05) is 19.0 Å². The molecule has 2 fully saturated rings. The number of rotatable bonds is 7. The number of hydrogen-bond donors (Lipinski definition) is 1. The fourth-order valence-corrected chi connectivity index (χ4v) is 4.63. The summed E-state index contributed by atoms with van der Waals surface area (Å²) in [6.45, 7) is 4.26. The lowest BCUT2D eigenvalue weighted by Gasteiger charge is -2.23. The lowest BCUT2D eigenvalue weighted by molar-refractivity contribution is -0.171. The van der Waals surface area contributed by atoms with Crippen LogP contribution in [-0.4, -0.2) is 73.1 Å². The van der Waals surface area contributed by atoms with Gasteiger partial charge in [0.2, 0.25) is 0 Å². The number of thioether (sulfide) groups is 1. The van der Waals surface area contributed by atoms with Gasteiger partial charge in [0.25, 0.3) is 0 Å². The summed E-state index contributed by atoms with van der Waals surface area (Å²) in [5, 5.41) is 18.4. The summed E-state index contributed by atoms with van der Waals surface area (Å²) in [5.41, 5.74) is 0.976. The average Bonchev–Trinajstić information content (AvgIpc) is 3.31. The first-order valence-electron chi connectivity index (χ1n) is 9.93. The largest absolute Gasteiger partial charge is 0.394 e. The lowest BCUT2D eigenvalue weighted by Crippen LogP contribution is -2.31. The van der Waals surface area contributed by atoms with E-state index in [0.29, 0.717) is 29.6 Å². The second-order valence-electron chi connectivity index (χ2n) is 7.21. The maximum atomic E-state index is 9.14. The number of nitrogens with zero attached hydrogens (tertiary/aromatic N) is 5. The Balaban J connectivity index is 1.66. The molecule has 0 unspecified atom stereocenters. The number of aromatic nitrogens is 5. The van der Waals surface area contributed by atoms with Crippen molar-refractivity contribution in [1.82, 2.24) is 25.0 Å². The summed E-state index contributed by atoms with van der Waals surface area (Å²) in [6.07, 6.45) is 0.544. The molecule has 1 saturated carbocycles. The highest BCUT2D eigenvalue weighted by Crippen LogP contribution is 2.45. The van der Waals surface area contributed by atoms with Gasteiger partial charge < -0.3 is 19.3 Å². The summed E-state index contributed by atoms with van der Waals surface area (Å²) in [6, 6.07) is -0.201. The molecule has 0 bridgehead atoms. The molecule has 2 aromatic rings. The van der Waals surface area contributed by atoms with Gasteiger partial charge in [-0.1, -0.05) is 35.5 Å². The summed E-state index contributed by atoms with van der Waals surface area (Å²) in [4.78, 5) is 8.91. The highest BCUT2D eigenvalue weighted by atomic mass is 35.5. The van der Waals surface area contributed by atoms with Crippen LogP contribution in [0, 0.1) is 0 Å². The Morgan fingerprint density at radius 2 is 2.21 bits per heavy atom. The number of fused-ring (bicyclic) bond motifs is 2. The monoisotopic (exact) mass is 430 g/mol. The molecular formula is C17H24ClN5O4S. The molecule has 4 rings (SSSR count). The van der Waals surface area contributed by atoms with Gasteiger partial charge in [0.1, 0.15) is 12.2 Å². The van der Waals surface area contributed by atoms with Crippen LogP contribution in [0.5, 0.6) is 0 Å². The van der Waals surface area contributed by atoms with Gasteiger partial charge in [-0.2, -0.15) is 0 Å². The average molecular weight is 431 g/mol. The Labute approximate surface area is 173 Å². The Morgan fingerprint density at radius 3 is 3.00 bits per heavy atom. The van der Waals surface area contributed by atoms with Crippen molar-refractivity contribution in [2.45, 2.75) is 68.9 Å². The molecule has 28 heavy (non-hydrogen) atoms. The van der Waals surface area contributed by atoms with E-state index in [1.165, 1.54) is 11.8 Å². The third-order valence-electron chi connectivity index (χ3n) is 4.76. The van der Waals surface area contributed by atoms with Crippen molar-refractivity contribution < 1.29 is 20.7 Å². The van der Waals surface area contributed by atoms with E-state index < -0.39 is 5.79 Å². The fraction of sp³-hybridized carbons (Fsp3) is 0.765. The molecule has 1 aliphatic carbocycles. The van der Waals surface area contributed by atoms with Crippen LogP contribution < -0.4 is 0 Å². The molecule has 0 radical (unpaired) electrons. The molecule has 2 aromatic heterocycles. The molecule has 9 nitrogen and oxygen atoms in total. The van der Waals surface area contributed by atoms with Crippen molar-refractivity contribution in [1.29, 1.82) is 0 Å². The van der Waals surface area contributed by atoms with Gasteiger partial charge in [0, 0.05) is 13.5 Å². The van der Waals surface area contributed by atoms with Crippen LogP contribution in [0.25, 0.3) is 11.2 Å². The van der Waals surface area contributed by atoms with Gasteiger partial charge in [0.15, 0.2) is 27.3 Å². The van der Waals surface area contributed by atoms with Crippen LogP contribution in [0.2, 0.25) is 5.15 Å². The second kappa shape index (κ2) is 8.00. The Hall–Kier alpha value is -1.04. The number of halogens is 1. The maximum absolute atomic E-state index is 9.14. The highest BCUT2D eigenvalue weighted by Gasteiger charge is 2.56. The van der Waals surface area contributed by atoms with Crippen molar-refractivity contribution in [3.05, 3.63) is 5.15 Å². The maximum Gasteiger partial charge on any atom is 0.191 e. The summed E-state index contributed by atoms with van der Waals surface area (Å²) in [5.74, 6) is -0.00163. The molecular weight excluding hydrogens is 406 g/mol. The molecule has 0 aromatic carbocycles. The number of ether oxygens (including phenoxy) is 3. The van der Waals surface area contributed by atoms with Gasteiger partial charge in [-0.15, -0.1) is 5.10 Å². The van der Waals surface area contributed by atoms with E-state index in [4.69, 9.17) is 32.3 Å². The van der Waals surface area contributed by atoms with Gasteiger partial charge in [-0.3, -0.25) is 0 Å². The van der Waals surface area contributed by atoms with Crippen LogP contribution in [0.3, 0.4) is 0 Å². The predicted octanol–water partition coefficient (Wildman–Crippen LogP) is 2.22. The van der Waals surface area contributed by atoms with Gasteiger partial charge in [-0.25, -0.2) is 14.6 Å². The zero-order valence-electron chi connectivity index (χ0n) is 16.7. The van der Waals surface area contributed by atoms with Gasteiger partial charge in [0.05, 0.1) is 25.4 Å². The molecule has 3 heterocycles. The van der Waals surface area contributed by atoms with E-state index in [-0.39, 0.29) is 42.7 Å². The minimum absolute atomic E-state index is 0.0587. The van der Waals surface area contributed by atoms with E-state index in [0.717, 1.165) is 12.2 Å². The molecule has 0 spiro atoms. The van der Waals surface area contributed by atoms with Crippen molar-refractivity contribution in [3.8, 4) is 0 Å². The molecule has 0 amide bonds. The molecule has 2 aliphatic rings. The normalized spacial score (nSPS) is 29.4. The number of aliphatic hydroxyl groups is 1. The van der Waals surface area contributed by atoms with Crippen LogP contribution >= 0.6 is 23.4 Å². The van der Waals surface area contributed by atoms with E-state index in [1.807, 2.05) is 13.8 Å². The number of aliphatic hydroxyl groups excluding tert-OH is 1. The highest BCUT2D eigenvalue weighted by molar-refractivity contribution is 7.99. The first kappa shape index (κ1) is 19.0. The SMILES string of the molecule is [2H]CCCSc1nc(Cl)c2nnn([C@@H]3C[C@H](OCCO)[C@H]4OC(C)(C)O[C@H]43)c2n1. The number of hydrogen-bond acceptors (Lipinski definition) is 9. The first-order chi connectivity index (χ1) is 13.9. The standard InChI is InChI=1S/C17H24ClN5O4S/c1-4-7-28-16-19-14(18)11-15(20-16)23(22-21-11)9-8-10(25-6-5-24)13-12(9)26-17(2,3)27-13/h9-10,12-13,24H,4-8H2,1-3H3/t9-,10+,12+,13-/m1/s1/i1D. The van der Waals surface area contributed by atoms with Crippen molar-refractivity contribution in [2.24, 2.45) is 0 Å². The van der Waals surface area contributed by atoms with Crippen molar-refractivity contribution in [3.63, 3.8) is 0 Å². The molecule has 11 heteroatoms. The summed E-state index contributed by atoms with van der Waals surface area (Å²) >= 11 is 7.78. The van der Waals surface area contributed by atoms with Crippen LogP contribution in [-0.2, 0) is 14.2 Å². The topological polar surface area (TPSA) is 104 Å². The zero-order valence-corrected chi connectivity index (χ0v) is 17.3. The zero-order chi connectivity index (χ0) is 20.6. The minimum Gasteiger partial charge on any atom is -0.394 e. The molecule has 1 aliphatic heterocycles. The third-order valence-corrected chi connectivity index (χ3v) is 5.95. The Bertz CT molecular complexity index is 872. The van der Waals surface area contributed by atoms with Crippen LogP contribution in [0.4, 0.5) is 0 Å². The van der Waals surface area contributed by atoms with Crippen LogP contribution in [0.15, 0.2) is 5.16 Å². The smallest absolute Gasteiger partial charge is 0.191 e. The van der Waals surface area contributed by atoms with Gasteiger partial charge in [-0.05, 0) is 20.3 Å². The molecule has 1 saturated heterocycles. The van der Waals surface area contributed by atoms with E-state index in [9.17, 15) is 0 Å². The Kier molecular flexibility index (Phi) is 5.42. The van der Waals surface area contributed by atoms with E-state index in [2.05, 4.69) is 20.3 Å². The molecule has 1 N–H and O–H groups in total. The van der Waals surface area contributed by atoms with Gasteiger partial charge >= 0.3 is 0 Å². The second-order valence-corrected chi connectivity index (χ2v) is 8.63. The van der Waals surface area contributed by atoms with Crippen molar-refractivity contribution >= 4 is 34.5 Å².